The number of carbonyl (C=O) groups excluding carboxylic acids is 1. The average molecular weight is 198 g/mol. The van der Waals surface area contributed by atoms with Crippen LogP contribution in [0.4, 0.5) is 0 Å². The van der Waals surface area contributed by atoms with Gasteiger partial charge < -0.3 is 4.57 Å². The highest BCUT2D eigenvalue weighted by atomic mass is 35.5. The lowest BCUT2D eigenvalue weighted by Crippen LogP contribution is -1.95. The quantitative estimate of drug-likeness (QED) is 0.683. The molecule has 1 aromatic heterocycles. The molecule has 0 saturated heterocycles. The number of ketones is 1. The van der Waals surface area contributed by atoms with Gasteiger partial charge in [-0.05, 0) is 25.5 Å². The third-order valence-corrected chi connectivity index (χ3v) is 2.15. The van der Waals surface area contributed by atoms with Gasteiger partial charge in [-0.2, -0.15) is 0 Å². The summed E-state index contributed by atoms with van der Waals surface area (Å²) >= 11 is 5.53. The highest BCUT2D eigenvalue weighted by molar-refractivity contribution is 6.25. The molecule has 13 heavy (non-hydrogen) atoms. The molecule has 0 unspecified atom stereocenters. The fourth-order valence-electron chi connectivity index (χ4n) is 1.07. The Hall–Kier alpha value is -1.02. The van der Waals surface area contributed by atoms with Crippen molar-refractivity contribution in [2.24, 2.45) is 0 Å². The maximum absolute atomic E-state index is 11.0. The molecule has 0 aromatic carbocycles. The molecule has 0 amide bonds. The number of aromatic nitrogens is 1. The molecule has 2 nitrogen and oxygen atoms in total. The molecule has 0 spiro atoms. The lowest BCUT2D eigenvalue weighted by molar-refractivity contribution is 0.101. The molecule has 0 fully saturated rings. The summed E-state index contributed by atoms with van der Waals surface area (Å²) in [6, 6.07) is 1.81. The van der Waals surface area contributed by atoms with E-state index in [-0.39, 0.29) is 5.78 Å². The minimum atomic E-state index is 0.0891. The SMILES string of the molecule is CC(=O)c1ccn(C/C(C)=C/Cl)c1. The van der Waals surface area contributed by atoms with E-state index in [1.165, 1.54) is 0 Å². The van der Waals surface area contributed by atoms with Crippen LogP contribution in [-0.2, 0) is 6.54 Å². The van der Waals surface area contributed by atoms with Crippen LogP contribution in [0.1, 0.15) is 24.2 Å². The van der Waals surface area contributed by atoms with Gasteiger partial charge in [0.1, 0.15) is 0 Å². The molecule has 3 heteroatoms. The molecule has 0 aliphatic carbocycles. The number of nitrogens with zero attached hydrogens (tertiary/aromatic N) is 1. The molecule has 0 bridgehead atoms. The van der Waals surface area contributed by atoms with E-state index in [1.807, 2.05) is 30.0 Å². The van der Waals surface area contributed by atoms with Gasteiger partial charge in [0.25, 0.3) is 0 Å². The Balaban J connectivity index is 2.75. The molecule has 0 radical (unpaired) electrons. The molecule has 1 aromatic rings. The molecular weight excluding hydrogens is 186 g/mol. The molecule has 1 heterocycles. The second-order valence-electron chi connectivity index (χ2n) is 3.08. The smallest absolute Gasteiger partial charge is 0.161 e. The van der Waals surface area contributed by atoms with Gasteiger partial charge in [0.15, 0.2) is 5.78 Å². The molecular formula is C10H12ClNO. The van der Waals surface area contributed by atoms with Crippen molar-refractivity contribution < 1.29 is 4.79 Å². The topological polar surface area (TPSA) is 22.0 Å². The summed E-state index contributed by atoms with van der Waals surface area (Å²) in [7, 11) is 0. The zero-order chi connectivity index (χ0) is 9.84. The van der Waals surface area contributed by atoms with Gasteiger partial charge in [0, 0.05) is 30.0 Å². The van der Waals surface area contributed by atoms with Crippen molar-refractivity contribution in [1.82, 2.24) is 4.57 Å². The van der Waals surface area contributed by atoms with Crippen molar-refractivity contribution in [2.45, 2.75) is 20.4 Å². The first-order chi connectivity index (χ1) is 6.13. The van der Waals surface area contributed by atoms with Gasteiger partial charge in [-0.25, -0.2) is 0 Å². The highest BCUT2D eigenvalue weighted by Gasteiger charge is 2.00. The number of hydrogen-bond acceptors (Lipinski definition) is 1. The predicted octanol–water partition coefficient (Wildman–Crippen LogP) is 2.83. The molecule has 0 aliphatic heterocycles. The summed E-state index contributed by atoms with van der Waals surface area (Å²) < 4.78 is 1.94. The number of carbonyl (C=O) groups is 1. The maximum Gasteiger partial charge on any atom is 0.161 e. The predicted molar refractivity (Wildman–Crippen MR) is 54.0 cm³/mol. The monoisotopic (exact) mass is 197 g/mol. The van der Waals surface area contributed by atoms with E-state index in [4.69, 9.17) is 11.6 Å². The Morgan fingerprint density at radius 2 is 2.31 bits per heavy atom. The second-order valence-corrected chi connectivity index (χ2v) is 3.30. The summed E-state index contributed by atoms with van der Waals surface area (Å²) in [5, 5.41) is 0. The van der Waals surface area contributed by atoms with Crippen molar-refractivity contribution in [1.29, 1.82) is 0 Å². The largest absolute Gasteiger partial charge is 0.349 e. The third kappa shape index (κ3) is 2.74. The van der Waals surface area contributed by atoms with Crippen molar-refractivity contribution in [2.75, 3.05) is 0 Å². The number of allylic oxidation sites excluding steroid dienone is 1. The van der Waals surface area contributed by atoms with Crippen LogP contribution in [-0.4, -0.2) is 10.4 Å². The molecule has 0 atom stereocenters. The minimum absolute atomic E-state index is 0.0891. The maximum atomic E-state index is 11.0. The van der Waals surface area contributed by atoms with Crippen molar-refractivity contribution in [3.05, 3.63) is 35.1 Å². The van der Waals surface area contributed by atoms with E-state index in [1.54, 1.807) is 12.5 Å². The van der Waals surface area contributed by atoms with E-state index in [2.05, 4.69) is 0 Å². The Labute approximate surface area is 82.8 Å². The number of Topliss-reactive ketones (excluding diaryl/α,β-unsaturated/α-hetero) is 1. The van der Waals surface area contributed by atoms with E-state index in [0.29, 0.717) is 0 Å². The van der Waals surface area contributed by atoms with Crippen LogP contribution in [0.5, 0.6) is 0 Å². The second kappa shape index (κ2) is 4.28. The third-order valence-electron chi connectivity index (χ3n) is 1.78. The lowest BCUT2D eigenvalue weighted by atomic mass is 10.2. The van der Waals surface area contributed by atoms with Crippen LogP contribution in [0.3, 0.4) is 0 Å². The zero-order valence-electron chi connectivity index (χ0n) is 7.75. The van der Waals surface area contributed by atoms with E-state index >= 15 is 0 Å². The summed E-state index contributed by atoms with van der Waals surface area (Å²) in [4.78, 5) is 11.0. The van der Waals surface area contributed by atoms with Gasteiger partial charge in [-0.15, -0.1) is 0 Å². The van der Waals surface area contributed by atoms with Crippen LogP contribution in [0.2, 0.25) is 0 Å². The molecule has 0 saturated carbocycles. The summed E-state index contributed by atoms with van der Waals surface area (Å²) in [6.07, 6.45) is 3.70. The van der Waals surface area contributed by atoms with E-state index in [0.717, 1.165) is 17.7 Å². The number of hydrogen-bond donors (Lipinski definition) is 0. The average Bonchev–Trinajstić information content (AvgIpc) is 2.52. The van der Waals surface area contributed by atoms with Gasteiger partial charge in [-0.3, -0.25) is 4.79 Å². The normalized spacial score (nSPS) is 11.8. The van der Waals surface area contributed by atoms with Crippen LogP contribution < -0.4 is 0 Å². The summed E-state index contributed by atoms with van der Waals surface area (Å²) in [6.45, 7) is 4.24. The van der Waals surface area contributed by atoms with Gasteiger partial charge in [0.05, 0.1) is 0 Å². The fourth-order valence-corrected chi connectivity index (χ4v) is 1.14. The molecule has 70 valence electrons. The number of rotatable bonds is 3. The van der Waals surface area contributed by atoms with Gasteiger partial charge in [-0.1, -0.05) is 11.6 Å². The summed E-state index contributed by atoms with van der Waals surface area (Å²) in [5.41, 5.74) is 3.35. The lowest BCUT2D eigenvalue weighted by Gasteiger charge is -2.00. The van der Waals surface area contributed by atoms with Crippen LogP contribution in [0, 0.1) is 0 Å². The first-order valence-electron chi connectivity index (χ1n) is 4.06. The molecule has 1 rings (SSSR count). The molecule has 0 aliphatic rings. The molecule has 0 N–H and O–H groups in total. The van der Waals surface area contributed by atoms with Crippen LogP contribution in [0.25, 0.3) is 0 Å². The Morgan fingerprint density at radius 1 is 1.62 bits per heavy atom. The fraction of sp³-hybridized carbons (Fsp3) is 0.300. The standard InChI is InChI=1S/C10H12ClNO/c1-8(5-11)6-12-4-3-10(7-12)9(2)13/h3-5,7H,6H2,1-2H3/b8-5+. The number of halogens is 1. The Kier molecular flexibility index (Phi) is 3.32. The zero-order valence-corrected chi connectivity index (χ0v) is 8.51. The van der Waals surface area contributed by atoms with Crippen molar-refractivity contribution >= 4 is 17.4 Å². The van der Waals surface area contributed by atoms with E-state index in [9.17, 15) is 4.79 Å². The van der Waals surface area contributed by atoms with Crippen LogP contribution in [0.15, 0.2) is 29.6 Å². The van der Waals surface area contributed by atoms with Crippen molar-refractivity contribution in [3.8, 4) is 0 Å². The van der Waals surface area contributed by atoms with Gasteiger partial charge in [0.2, 0.25) is 0 Å². The van der Waals surface area contributed by atoms with Gasteiger partial charge >= 0.3 is 0 Å². The first-order valence-corrected chi connectivity index (χ1v) is 4.49. The Morgan fingerprint density at radius 3 is 2.77 bits per heavy atom. The highest BCUT2D eigenvalue weighted by Crippen LogP contribution is 2.06. The van der Waals surface area contributed by atoms with Crippen LogP contribution >= 0.6 is 11.6 Å². The van der Waals surface area contributed by atoms with E-state index < -0.39 is 0 Å². The first kappa shape index (κ1) is 10.1. The van der Waals surface area contributed by atoms with Crippen molar-refractivity contribution in [3.63, 3.8) is 0 Å². The summed E-state index contributed by atoms with van der Waals surface area (Å²) in [5.74, 6) is 0.0891. The minimum Gasteiger partial charge on any atom is -0.349 e. The Bertz CT molecular complexity index is 338.